The summed E-state index contributed by atoms with van der Waals surface area (Å²) in [6.07, 6.45) is -0.167. The van der Waals surface area contributed by atoms with Crippen LogP contribution in [0.2, 0.25) is 0 Å². The van der Waals surface area contributed by atoms with Crippen LogP contribution in [-0.2, 0) is 16.0 Å². The lowest BCUT2D eigenvalue weighted by molar-refractivity contribution is -0.146. The summed E-state index contributed by atoms with van der Waals surface area (Å²) >= 11 is 0. The van der Waals surface area contributed by atoms with Crippen LogP contribution < -0.4 is 0 Å². The van der Waals surface area contributed by atoms with Crippen molar-refractivity contribution in [1.82, 2.24) is 0 Å². The van der Waals surface area contributed by atoms with Crippen molar-refractivity contribution >= 4 is 5.97 Å². The summed E-state index contributed by atoms with van der Waals surface area (Å²) in [5.41, 5.74) is 5.16. The molecule has 29 heavy (non-hydrogen) atoms. The molecule has 142 valence electrons. The van der Waals surface area contributed by atoms with Crippen molar-refractivity contribution in [2.75, 3.05) is 0 Å². The Bertz CT molecular complexity index is 1000. The minimum atomic E-state index is -0.409. The molecule has 0 N–H and O–H groups in total. The van der Waals surface area contributed by atoms with Crippen molar-refractivity contribution in [3.63, 3.8) is 0 Å². The summed E-state index contributed by atoms with van der Waals surface area (Å²) in [6, 6.07) is 38.0. The first kappa shape index (κ1) is 18.7. The molecule has 0 aromatic heterocycles. The number of benzene rings is 4. The zero-order valence-corrected chi connectivity index (χ0v) is 16.1. The van der Waals surface area contributed by atoms with Gasteiger partial charge in [0.2, 0.25) is 0 Å². The van der Waals surface area contributed by atoms with Gasteiger partial charge < -0.3 is 4.74 Å². The van der Waals surface area contributed by atoms with Gasteiger partial charge in [-0.05, 0) is 27.8 Å². The van der Waals surface area contributed by atoms with E-state index < -0.39 is 6.10 Å². The van der Waals surface area contributed by atoms with Gasteiger partial charge in [0.15, 0.2) is 6.10 Å². The van der Waals surface area contributed by atoms with E-state index in [1.54, 1.807) is 0 Å². The van der Waals surface area contributed by atoms with Gasteiger partial charge in [0.25, 0.3) is 0 Å². The van der Waals surface area contributed by atoms with E-state index in [4.69, 9.17) is 4.74 Å². The van der Waals surface area contributed by atoms with Gasteiger partial charge in [0, 0.05) is 0 Å². The molecule has 0 amide bonds. The molecule has 0 radical (unpaired) electrons. The highest BCUT2D eigenvalue weighted by atomic mass is 16.5. The first-order valence-corrected chi connectivity index (χ1v) is 9.73. The summed E-state index contributed by atoms with van der Waals surface area (Å²) in [7, 11) is 0. The Labute approximate surface area is 171 Å². The monoisotopic (exact) mass is 378 g/mol. The number of carbonyl (C=O) groups excluding carboxylic acids is 1. The van der Waals surface area contributed by atoms with E-state index >= 15 is 0 Å². The van der Waals surface area contributed by atoms with E-state index in [2.05, 4.69) is 12.1 Å². The summed E-state index contributed by atoms with van der Waals surface area (Å²) in [5, 5.41) is 0. The van der Waals surface area contributed by atoms with Crippen LogP contribution >= 0.6 is 0 Å². The van der Waals surface area contributed by atoms with Crippen LogP contribution in [0.3, 0.4) is 0 Å². The fourth-order valence-corrected chi connectivity index (χ4v) is 3.37. The molecule has 0 aliphatic carbocycles. The normalized spacial score (nSPS) is 10.7. The number of carbonyl (C=O) groups is 1. The van der Waals surface area contributed by atoms with E-state index in [0.717, 1.165) is 27.8 Å². The fraction of sp³-hybridized carbons (Fsp3) is 0.0741. The lowest BCUT2D eigenvalue weighted by Crippen LogP contribution is -2.14. The largest absolute Gasteiger partial charge is 0.452 e. The SMILES string of the molecule is O=C(Cc1ccc(-c2ccccc2)cc1)OC(c1ccccc1)c1ccccc1. The van der Waals surface area contributed by atoms with Gasteiger partial charge in [-0.2, -0.15) is 0 Å². The van der Waals surface area contributed by atoms with Gasteiger partial charge in [-0.15, -0.1) is 0 Å². The quantitative estimate of drug-likeness (QED) is 0.372. The molecular weight excluding hydrogens is 356 g/mol. The molecule has 0 fully saturated rings. The lowest BCUT2D eigenvalue weighted by Gasteiger charge is -2.19. The van der Waals surface area contributed by atoms with Gasteiger partial charge in [0.05, 0.1) is 6.42 Å². The second-order valence-electron chi connectivity index (χ2n) is 6.93. The fourth-order valence-electron chi connectivity index (χ4n) is 3.37. The van der Waals surface area contributed by atoms with E-state index in [1.165, 1.54) is 0 Å². The molecule has 0 spiro atoms. The predicted molar refractivity (Wildman–Crippen MR) is 116 cm³/mol. The Kier molecular flexibility index (Phi) is 5.82. The average Bonchev–Trinajstić information content (AvgIpc) is 2.80. The molecule has 0 bridgehead atoms. The molecule has 0 heterocycles. The first-order valence-electron chi connectivity index (χ1n) is 9.73. The Morgan fingerprint density at radius 1 is 0.586 bits per heavy atom. The molecule has 0 saturated carbocycles. The molecule has 0 saturated heterocycles. The van der Waals surface area contributed by atoms with Crippen LogP contribution in [0.25, 0.3) is 11.1 Å². The smallest absolute Gasteiger partial charge is 0.311 e. The zero-order valence-electron chi connectivity index (χ0n) is 16.1. The van der Waals surface area contributed by atoms with E-state index in [1.807, 2.05) is 103 Å². The summed E-state index contributed by atoms with van der Waals surface area (Å²) in [6.45, 7) is 0. The predicted octanol–water partition coefficient (Wildman–Crippen LogP) is 6.23. The van der Waals surface area contributed by atoms with Gasteiger partial charge in [-0.3, -0.25) is 4.79 Å². The third-order valence-corrected chi connectivity index (χ3v) is 4.86. The molecule has 0 aliphatic heterocycles. The molecule has 2 heteroatoms. The van der Waals surface area contributed by atoms with E-state index in [-0.39, 0.29) is 12.4 Å². The van der Waals surface area contributed by atoms with Crippen molar-refractivity contribution in [2.45, 2.75) is 12.5 Å². The van der Waals surface area contributed by atoms with Gasteiger partial charge >= 0.3 is 5.97 Å². The van der Waals surface area contributed by atoms with Crippen LogP contribution in [0, 0.1) is 0 Å². The summed E-state index contributed by atoms with van der Waals surface area (Å²) in [5.74, 6) is -0.241. The highest BCUT2D eigenvalue weighted by Gasteiger charge is 2.19. The summed E-state index contributed by atoms with van der Waals surface area (Å²) < 4.78 is 5.90. The molecular formula is C27H22O2. The van der Waals surface area contributed by atoms with Crippen LogP contribution in [0.5, 0.6) is 0 Å². The minimum Gasteiger partial charge on any atom is -0.452 e. The maximum Gasteiger partial charge on any atom is 0.311 e. The number of rotatable bonds is 6. The highest BCUT2D eigenvalue weighted by molar-refractivity contribution is 5.74. The number of esters is 1. The molecule has 4 rings (SSSR count). The molecule has 0 unspecified atom stereocenters. The van der Waals surface area contributed by atoms with Crippen molar-refractivity contribution < 1.29 is 9.53 Å². The van der Waals surface area contributed by atoms with E-state index in [9.17, 15) is 4.79 Å². The minimum absolute atomic E-state index is 0.241. The standard InChI is InChI=1S/C27H22O2/c28-26(20-21-16-18-23(19-17-21)22-10-4-1-5-11-22)29-27(24-12-6-2-7-13-24)25-14-8-3-9-15-25/h1-19,27H,20H2. The van der Waals surface area contributed by atoms with E-state index in [0.29, 0.717) is 0 Å². The Balaban J connectivity index is 1.48. The maximum absolute atomic E-state index is 12.7. The Morgan fingerprint density at radius 3 is 1.55 bits per heavy atom. The highest BCUT2D eigenvalue weighted by Crippen LogP contribution is 2.26. The number of hydrogen-bond donors (Lipinski definition) is 0. The van der Waals surface area contributed by atoms with Crippen LogP contribution in [0.1, 0.15) is 22.8 Å². The molecule has 0 aliphatic rings. The first-order chi connectivity index (χ1) is 14.3. The van der Waals surface area contributed by atoms with Crippen LogP contribution in [0.4, 0.5) is 0 Å². The third-order valence-electron chi connectivity index (χ3n) is 4.86. The Hall–Kier alpha value is -3.65. The van der Waals surface area contributed by atoms with Gasteiger partial charge in [-0.1, -0.05) is 115 Å². The van der Waals surface area contributed by atoms with Crippen molar-refractivity contribution in [3.05, 3.63) is 132 Å². The van der Waals surface area contributed by atoms with Crippen LogP contribution in [-0.4, -0.2) is 5.97 Å². The van der Waals surface area contributed by atoms with Gasteiger partial charge in [0.1, 0.15) is 0 Å². The Morgan fingerprint density at radius 2 is 1.03 bits per heavy atom. The maximum atomic E-state index is 12.7. The van der Waals surface area contributed by atoms with Crippen molar-refractivity contribution in [1.29, 1.82) is 0 Å². The molecule has 0 atom stereocenters. The second-order valence-corrected chi connectivity index (χ2v) is 6.93. The molecule has 4 aromatic rings. The number of hydrogen-bond acceptors (Lipinski definition) is 2. The second kappa shape index (κ2) is 9.03. The molecule has 2 nitrogen and oxygen atoms in total. The zero-order chi connectivity index (χ0) is 19.9. The molecule has 4 aromatic carbocycles. The summed E-state index contributed by atoms with van der Waals surface area (Å²) in [4.78, 5) is 12.7. The van der Waals surface area contributed by atoms with Crippen molar-refractivity contribution in [2.24, 2.45) is 0 Å². The third kappa shape index (κ3) is 4.80. The topological polar surface area (TPSA) is 26.3 Å². The average molecular weight is 378 g/mol. The van der Waals surface area contributed by atoms with Crippen molar-refractivity contribution in [3.8, 4) is 11.1 Å². The lowest BCUT2D eigenvalue weighted by atomic mass is 10.0. The van der Waals surface area contributed by atoms with Gasteiger partial charge in [-0.25, -0.2) is 0 Å². The number of ether oxygens (including phenoxy) is 1. The van der Waals surface area contributed by atoms with Crippen LogP contribution in [0.15, 0.2) is 115 Å².